The molecule has 3 heteroatoms. The predicted octanol–water partition coefficient (Wildman–Crippen LogP) is 2.00. The van der Waals surface area contributed by atoms with Gasteiger partial charge in [0, 0.05) is 25.2 Å². The van der Waals surface area contributed by atoms with Crippen LogP contribution in [0.4, 0.5) is 0 Å². The Labute approximate surface area is 106 Å². The summed E-state index contributed by atoms with van der Waals surface area (Å²) in [6.45, 7) is 9.92. The molecule has 100 valence electrons. The van der Waals surface area contributed by atoms with Crippen LogP contribution in [0.5, 0.6) is 0 Å². The van der Waals surface area contributed by atoms with Gasteiger partial charge in [-0.3, -0.25) is 4.90 Å². The first-order valence-electron chi connectivity index (χ1n) is 7.16. The van der Waals surface area contributed by atoms with Gasteiger partial charge in [0.1, 0.15) is 0 Å². The average Bonchev–Trinajstić information content (AvgIpc) is 2.59. The lowest BCUT2D eigenvalue weighted by molar-refractivity contribution is -0.0686. The molecule has 2 rings (SSSR count). The topological polar surface area (TPSA) is 38.5 Å². The van der Waals surface area contributed by atoms with Crippen LogP contribution in [0.15, 0.2) is 0 Å². The second kappa shape index (κ2) is 5.25. The summed E-state index contributed by atoms with van der Waals surface area (Å²) in [4.78, 5) is 2.62. The molecule has 1 saturated carbocycles. The lowest BCUT2D eigenvalue weighted by Crippen LogP contribution is -2.54. The van der Waals surface area contributed by atoms with Crippen molar-refractivity contribution < 1.29 is 4.74 Å². The molecule has 1 saturated heterocycles. The molecule has 0 radical (unpaired) electrons. The van der Waals surface area contributed by atoms with E-state index in [2.05, 4.69) is 25.7 Å². The van der Waals surface area contributed by atoms with Gasteiger partial charge in [-0.15, -0.1) is 0 Å². The normalized spacial score (nSPS) is 44.1. The monoisotopic (exact) mass is 240 g/mol. The van der Waals surface area contributed by atoms with Gasteiger partial charge in [0.2, 0.25) is 0 Å². The van der Waals surface area contributed by atoms with Crippen molar-refractivity contribution in [3.63, 3.8) is 0 Å². The number of nitrogens with two attached hydrogens (primary N) is 1. The number of ether oxygens (including phenoxy) is 1. The van der Waals surface area contributed by atoms with Crippen LogP contribution in [0.1, 0.15) is 46.5 Å². The largest absolute Gasteiger partial charge is 0.376 e. The molecule has 2 N–H and O–H groups in total. The fourth-order valence-electron chi connectivity index (χ4n) is 3.40. The highest BCUT2D eigenvalue weighted by molar-refractivity contribution is 4.95. The molecule has 3 nitrogen and oxygen atoms in total. The molecule has 0 spiro atoms. The molecule has 0 aromatic rings. The summed E-state index contributed by atoms with van der Waals surface area (Å²) < 4.78 is 5.76. The molecule has 2 aliphatic rings. The van der Waals surface area contributed by atoms with Gasteiger partial charge in [0.25, 0.3) is 0 Å². The zero-order chi connectivity index (χ0) is 12.5. The van der Waals surface area contributed by atoms with Crippen molar-refractivity contribution >= 4 is 0 Å². The highest BCUT2D eigenvalue weighted by atomic mass is 16.5. The summed E-state index contributed by atoms with van der Waals surface area (Å²) in [5, 5.41) is 0. The first-order chi connectivity index (χ1) is 8.05. The van der Waals surface area contributed by atoms with Crippen LogP contribution < -0.4 is 5.73 Å². The van der Waals surface area contributed by atoms with Crippen LogP contribution in [0, 0.1) is 5.41 Å². The van der Waals surface area contributed by atoms with Crippen LogP contribution >= 0.6 is 0 Å². The lowest BCUT2D eigenvalue weighted by atomic mass is 9.84. The van der Waals surface area contributed by atoms with Gasteiger partial charge in [-0.2, -0.15) is 0 Å². The molecule has 2 fully saturated rings. The molecule has 0 aromatic carbocycles. The minimum Gasteiger partial charge on any atom is -0.376 e. The Kier molecular flexibility index (Phi) is 4.11. The Balaban J connectivity index is 1.99. The van der Waals surface area contributed by atoms with Crippen LogP contribution in [0.2, 0.25) is 0 Å². The fraction of sp³-hybridized carbons (Fsp3) is 1.00. The van der Waals surface area contributed by atoms with Crippen molar-refractivity contribution in [2.24, 2.45) is 11.1 Å². The van der Waals surface area contributed by atoms with E-state index in [-0.39, 0.29) is 0 Å². The van der Waals surface area contributed by atoms with Gasteiger partial charge in [-0.25, -0.2) is 0 Å². The molecule has 0 bridgehead atoms. The van der Waals surface area contributed by atoms with Gasteiger partial charge in [-0.05, 0) is 31.6 Å². The predicted molar refractivity (Wildman–Crippen MR) is 71.0 cm³/mol. The van der Waals surface area contributed by atoms with Gasteiger partial charge < -0.3 is 10.5 Å². The second-order valence-electron chi connectivity index (χ2n) is 6.29. The molecular weight excluding hydrogens is 212 g/mol. The second-order valence-corrected chi connectivity index (χ2v) is 6.29. The summed E-state index contributed by atoms with van der Waals surface area (Å²) in [6, 6.07) is 0.981. The summed E-state index contributed by atoms with van der Waals surface area (Å²) in [6.07, 6.45) is 5.34. The maximum atomic E-state index is 6.29. The van der Waals surface area contributed by atoms with Crippen molar-refractivity contribution in [3.05, 3.63) is 0 Å². The molecule has 0 aromatic heterocycles. The van der Waals surface area contributed by atoms with Crippen LogP contribution in [-0.2, 0) is 4.74 Å². The number of hydrogen-bond acceptors (Lipinski definition) is 3. The van der Waals surface area contributed by atoms with E-state index in [1.807, 2.05) is 0 Å². The van der Waals surface area contributed by atoms with Crippen molar-refractivity contribution in [1.29, 1.82) is 0 Å². The van der Waals surface area contributed by atoms with Crippen molar-refractivity contribution in [1.82, 2.24) is 4.90 Å². The molecule has 17 heavy (non-hydrogen) atoms. The van der Waals surface area contributed by atoms with Gasteiger partial charge in [0.05, 0.1) is 12.7 Å². The molecule has 0 amide bonds. The highest BCUT2D eigenvalue weighted by Crippen LogP contribution is 2.38. The lowest BCUT2D eigenvalue weighted by Gasteiger charge is -2.43. The third kappa shape index (κ3) is 2.83. The molecule has 1 heterocycles. The smallest absolute Gasteiger partial charge is 0.0674 e. The number of hydrogen-bond donors (Lipinski definition) is 1. The van der Waals surface area contributed by atoms with Crippen LogP contribution in [0.3, 0.4) is 0 Å². The SMILES string of the molecule is CCC1COC(C)CN1CC1(C)CCCC1N. The highest BCUT2D eigenvalue weighted by Gasteiger charge is 2.40. The van der Waals surface area contributed by atoms with Gasteiger partial charge >= 0.3 is 0 Å². The quantitative estimate of drug-likeness (QED) is 0.820. The van der Waals surface area contributed by atoms with E-state index >= 15 is 0 Å². The van der Waals surface area contributed by atoms with E-state index in [1.165, 1.54) is 25.7 Å². The van der Waals surface area contributed by atoms with Crippen molar-refractivity contribution in [3.8, 4) is 0 Å². The summed E-state index contributed by atoms with van der Waals surface area (Å²) in [5.74, 6) is 0. The summed E-state index contributed by atoms with van der Waals surface area (Å²) >= 11 is 0. The first kappa shape index (κ1) is 13.3. The number of nitrogens with zero attached hydrogens (tertiary/aromatic N) is 1. The Morgan fingerprint density at radius 3 is 2.82 bits per heavy atom. The molecule has 4 atom stereocenters. The third-order valence-electron chi connectivity index (χ3n) is 4.77. The maximum Gasteiger partial charge on any atom is 0.0674 e. The minimum atomic E-state index is 0.324. The van der Waals surface area contributed by atoms with Crippen LogP contribution in [0.25, 0.3) is 0 Å². The Hall–Kier alpha value is -0.120. The average molecular weight is 240 g/mol. The van der Waals surface area contributed by atoms with Gasteiger partial charge in [0.15, 0.2) is 0 Å². The van der Waals surface area contributed by atoms with E-state index in [9.17, 15) is 0 Å². The van der Waals surface area contributed by atoms with Crippen LogP contribution in [-0.4, -0.2) is 42.8 Å². The van der Waals surface area contributed by atoms with Crippen molar-refractivity contribution in [2.75, 3.05) is 19.7 Å². The number of morpholine rings is 1. The van der Waals surface area contributed by atoms with E-state index < -0.39 is 0 Å². The Bertz CT molecular complexity index is 259. The first-order valence-corrected chi connectivity index (χ1v) is 7.16. The van der Waals surface area contributed by atoms with Gasteiger partial charge in [-0.1, -0.05) is 20.3 Å². The standard InChI is InChI=1S/C14H28N2O/c1-4-12-9-17-11(2)8-16(12)10-14(3)7-5-6-13(14)15/h11-13H,4-10,15H2,1-3H3. The maximum absolute atomic E-state index is 6.29. The fourth-order valence-corrected chi connectivity index (χ4v) is 3.40. The molecule has 4 unspecified atom stereocenters. The zero-order valence-corrected chi connectivity index (χ0v) is 11.6. The molecule has 1 aliphatic carbocycles. The minimum absolute atomic E-state index is 0.324. The molecular formula is C14H28N2O. The Morgan fingerprint density at radius 1 is 1.47 bits per heavy atom. The number of rotatable bonds is 3. The zero-order valence-electron chi connectivity index (χ0n) is 11.6. The van der Waals surface area contributed by atoms with E-state index in [0.29, 0.717) is 23.6 Å². The third-order valence-corrected chi connectivity index (χ3v) is 4.77. The summed E-state index contributed by atoms with van der Waals surface area (Å²) in [7, 11) is 0. The van der Waals surface area contributed by atoms with Crippen molar-refractivity contribution in [2.45, 2.75) is 64.6 Å². The Morgan fingerprint density at radius 2 is 2.24 bits per heavy atom. The van der Waals surface area contributed by atoms with E-state index in [4.69, 9.17) is 10.5 Å². The molecule has 1 aliphatic heterocycles. The van der Waals surface area contributed by atoms with E-state index in [1.54, 1.807) is 0 Å². The summed E-state index contributed by atoms with van der Waals surface area (Å²) in [5.41, 5.74) is 6.62. The van der Waals surface area contributed by atoms with E-state index in [0.717, 1.165) is 19.7 Å².